The Morgan fingerprint density at radius 2 is 1.81 bits per heavy atom. The summed E-state index contributed by atoms with van der Waals surface area (Å²) in [6.45, 7) is 7.73. The number of likely N-dealkylation sites (tertiary alicyclic amines) is 1. The van der Waals surface area contributed by atoms with Crippen molar-refractivity contribution < 1.29 is 19.5 Å². The number of hydrogen-bond donors (Lipinski definition) is 3. The zero-order valence-corrected chi connectivity index (χ0v) is 12.9. The number of carbonyl (C=O) groups excluding carboxylic acids is 2. The summed E-state index contributed by atoms with van der Waals surface area (Å²) in [7, 11) is 0. The average molecular weight is 299 g/mol. The minimum Gasteiger partial charge on any atom is -0.480 e. The Kier molecular flexibility index (Phi) is 5.57. The van der Waals surface area contributed by atoms with Crippen LogP contribution >= 0.6 is 0 Å². The fraction of sp³-hybridized carbons (Fsp3) is 0.786. The van der Waals surface area contributed by atoms with Gasteiger partial charge in [0.2, 0.25) is 5.91 Å². The number of rotatable bonds is 4. The average Bonchev–Trinajstić information content (AvgIpc) is 2.36. The molecule has 0 aromatic rings. The molecule has 0 bridgehead atoms. The molecule has 7 nitrogen and oxygen atoms in total. The molecule has 7 heteroatoms. The lowest BCUT2D eigenvalue weighted by Crippen LogP contribution is -2.51. The van der Waals surface area contributed by atoms with Crippen LogP contribution in [0.15, 0.2) is 0 Å². The number of carboxylic acid groups (broad SMARTS) is 1. The van der Waals surface area contributed by atoms with Crippen molar-refractivity contribution in [3.8, 4) is 0 Å². The van der Waals surface area contributed by atoms with E-state index in [4.69, 9.17) is 10.8 Å². The third-order valence-corrected chi connectivity index (χ3v) is 4.01. The molecular formula is C14H25N3O4. The molecule has 1 aliphatic rings. The smallest absolute Gasteiger partial charge is 0.326 e. The maximum absolute atomic E-state index is 12.1. The summed E-state index contributed by atoms with van der Waals surface area (Å²) in [5.74, 6) is -1.47. The normalized spacial score (nSPS) is 18.1. The van der Waals surface area contributed by atoms with Gasteiger partial charge in [0.25, 0.3) is 0 Å². The van der Waals surface area contributed by atoms with E-state index in [0.29, 0.717) is 19.0 Å². The molecule has 1 fully saturated rings. The number of hydrogen-bond acceptors (Lipinski definition) is 3. The lowest BCUT2D eigenvalue weighted by atomic mass is 9.75. The van der Waals surface area contributed by atoms with Crippen LogP contribution in [0.5, 0.6) is 0 Å². The van der Waals surface area contributed by atoms with Gasteiger partial charge in [-0.05, 0) is 24.2 Å². The third kappa shape index (κ3) is 5.24. The molecule has 0 radical (unpaired) electrons. The number of nitrogens with one attached hydrogen (secondary N) is 1. The number of nitrogens with zero attached hydrogens (tertiary/aromatic N) is 1. The van der Waals surface area contributed by atoms with E-state index in [0.717, 1.165) is 12.8 Å². The number of urea groups is 1. The number of amides is 3. The lowest BCUT2D eigenvalue weighted by Gasteiger charge is -2.39. The van der Waals surface area contributed by atoms with Crippen LogP contribution in [0.3, 0.4) is 0 Å². The summed E-state index contributed by atoms with van der Waals surface area (Å²) >= 11 is 0. The van der Waals surface area contributed by atoms with Crippen LogP contribution in [0, 0.1) is 11.3 Å². The van der Waals surface area contributed by atoms with Gasteiger partial charge in [0.15, 0.2) is 0 Å². The highest BCUT2D eigenvalue weighted by Crippen LogP contribution is 2.34. The quantitative estimate of drug-likeness (QED) is 0.712. The molecule has 3 amide bonds. The van der Waals surface area contributed by atoms with Gasteiger partial charge in [0.05, 0.1) is 6.42 Å². The van der Waals surface area contributed by atoms with E-state index < -0.39 is 30.4 Å². The van der Waals surface area contributed by atoms with Crippen LogP contribution in [0.4, 0.5) is 4.79 Å². The highest BCUT2D eigenvalue weighted by Gasteiger charge is 2.31. The second kappa shape index (κ2) is 6.78. The molecule has 1 heterocycles. The first-order chi connectivity index (χ1) is 9.61. The molecule has 1 atom stereocenters. The Bertz CT molecular complexity index is 409. The maximum atomic E-state index is 12.1. The van der Waals surface area contributed by atoms with E-state index >= 15 is 0 Å². The van der Waals surface area contributed by atoms with Gasteiger partial charge in [-0.25, -0.2) is 9.59 Å². The van der Waals surface area contributed by atoms with E-state index in [2.05, 4.69) is 26.1 Å². The van der Waals surface area contributed by atoms with E-state index in [-0.39, 0.29) is 5.41 Å². The Hall–Kier alpha value is -1.79. The van der Waals surface area contributed by atoms with Crippen molar-refractivity contribution in [1.82, 2.24) is 10.2 Å². The Balaban J connectivity index is 2.53. The highest BCUT2D eigenvalue weighted by molar-refractivity contribution is 5.87. The second-order valence-electron chi connectivity index (χ2n) is 6.64. The van der Waals surface area contributed by atoms with Crippen molar-refractivity contribution >= 4 is 17.9 Å². The van der Waals surface area contributed by atoms with E-state index in [1.807, 2.05) is 0 Å². The monoisotopic (exact) mass is 299 g/mol. The van der Waals surface area contributed by atoms with Crippen LogP contribution < -0.4 is 11.1 Å². The molecule has 0 spiro atoms. The van der Waals surface area contributed by atoms with Crippen molar-refractivity contribution in [2.24, 2.45) is 17.1 Å². The fourth-order valence-electron chi connectivity index (χ4n) is 2.59. The van der Waals surface area contributed by atoms with Crippen LogP contribution in [0.25, 0.3) is 0 Å². The summed E-state index contributed by atoms with van der Waals surface area (Å²) in [4.78, 5) is 35.5. The number of carbonyl (C=O) groups is 3. The Morgan fingerprint density at radius 1 is 1.29 bits per heavy atom. The Labute approximate surface area is 124 Å². The molecule has 4 N–H and O–H groups in total. The molecule has 0 aliphatic carbocycles. The second-order valence-corrected chi connectivity index (χ2v) is 6.64. The topological polar surface area (TPSA) is 113 Å². The molecule has 21 heavy (non-hydrogen) atoms. The summed E-state index contributed by atoms with van der Waals surface area (Å²) in [5, 5.41) is 11.3. The fourth-order valence-corrected chi connectivity index (χ4v) is 2.59. The van der Waals surface area contributed by atoms with Gasteiger partial charge in [0, 0.05) is 13.1 Å². The van der Waals surface area contributed by atoms with Gasteiger partial charge in [-0.2, -0.15) is 0 Å². The molecule has 1 rings (SSSR count). The molecule has 0 aromatic heterocycles. The zero-order valence-electron chi connectivity index (χ0n) is 12.9. The minimum absolute atomic E-state index is 0.206. The van der Waals surface area contributed by atoms with Crippen LogP contribution in [-0.4, -0.2) is 47.0 Å². The SMILES string of the molecule is CC(C)(C)C1CCN(C(=O)NC(CC(N)=O)C(=O)O)CC1. The number of piperidine rings is 1. The number of carboxylic acids is 1. The summed E-state index contributed by atoms with van der Waals surface area (Å²) in [5.41, 5.74) is 5.19. The van der Waals surface area contributed by atoms with Crippen molar-refractivity contribution in [3.63, 3.8) is 0 Å². The van der Waals surface area contributed by atoms with E-state index in [1.165, 1.54) is 0 Å². The van der Waals surface area contributed by atoms with Crippen LogP contribution in [0.2, 0.25) is 0 Å². The predicted molar refractivity (Wildman–Crippen MR) is 77.5 cm³/mol. The van der Waals surface area contributed by atoms with E-state index in [9.17, 15) is 14.4 Å². The first kappa shape index (κ1) is 17.3. The lowest BCUT2D eigenvalue weighted by molar-refractivity contribution is -0.141. The predicted octanol–water partition coefficient (Wildman–Crippen LogP) is 0.783. The largest absolute Gasteiger partial charge is 0.480 e. The number of primary amides is 1. The first-order valence-electron chi connectivity index (χ1n) is 7.18. The zero-order chi connectivity index (χ0) is 16.2. The van der Waals surface area contributed by atoms with Crippen molar-refractivity contribution in [2.75, 3.05) is 13.1 Å². The van der Waals surface area contributed by atoms with Crippen molar-refractivity contribution in [2.45, 2.75) is 46.1 Å². The molecule has 120 valence electrons. The van der Waals surface area contributed by atoms with Gasteiger partial charge in [-0.15, -0.1) is 0 Å². The Morgan fingerprint density at radius 3 is 2.19 bits per heavy atom. The van der Waals surface area contributed by atoms with E-state index in [1.54, 1.807) is 4.90 Å². The van der Waals surface area contributed by atoms with Gasteiger partial charge in [0.1, 0.15) is 6.04 Å². The minimum atomic E-state index is -1.27. The van der Waals surface area contributed by atoms with Gasteiger partial charge in [-0.1, -0.05) is 20.8 Å². The van der Waals surface area contributed by atoms with Gasteiger partial charge >= 0.3 is 12.0 Å². The van der Waals surface area contributed by atoms with Crippen LogP contribution in [-0.2, 0) is 9.59 Å². The standard InChI is InChI=1S/C14H25N3O4/c1-14(2,3)9-4-6-17(7-5-9)13(21)16-10(12(19)20)8-11(15)18/h9-10H,4-8H2,1-3H3,(H2,15,18)(H,16,21)(H,19,20). The molecule has 1 aliphatic heterocycles. The maximum Gasteiger partial charge on any atom is 0.326 e. The van der Waals surface area contributed by atoms with Crippen molar-refractivity contribution in [1.29, 1.82) is 0 Å². The summed E-state index contributed by atoms with van der Waals surface area (Å²) < 4.78 is 0. The van der Waals surface area contributed by atoms with Gasteiger partial charge < -0.3 is 21.1 Å². The van der Waals surface area contributed by atoms with Crippen molar-refractivity contribution in [3.05, 3.63) is 0 Å². The molecule has 0 aromatic carbocycles. The third-order valence-electron chi connectivity index (χ3n) is 4.01. The molecular weight excluding hydrogens is 274 g/mol. The summed E-state index contributed by atoms with van der Waals surface area (Å²) in [6.07, 6.45) is 1.38. The number of aliphatic carboxylic acids is 1. The molecule has 0 saturated carbocycles. The molecule has 1 saturated heterocycles. The first-order valence-corrected chi connectivity index (χ1v) is 7.18. The van der Waals surface area contributed by atoms with Crippen LogP contribution in [0.1, 0.15) is 40.0 Å². The van der Waals surface area contributed by atoms with Gasteiger partial charge in [-0.3, -0.25) is 4.79 Å². The number of nitrogens with two attached hydrogens (primary N) is 1. The highest BCUT2D eigenvalue weighted by atomic mass is 16.4. The molecule has 1 unspecified atom stereocenters. The summed E-state index contributed by atoms with van der Waals surface area (Å²) in [6, 6.07) is -1.72.